The molecule has 0 spiro atoms. The highest BCUT2D eigenvalue weighted by molar-refractivity contribution is 5.06. The Hall–Kier alpha value is -2.12. The second kappa shape index (κ2) is 66.9. The van der Waals surface area contributed by atoms with Gasteiger partial charge in [0, 0.05) is 0 Å². The van der Waals surface area contributed by atoms with Gasteiger partial charge >= 0.3 is 0 Å². The number of aliphatic hydroxyl groups excluding tert-OH is 21. The van der Waals surface area contributed by atoms with Crippen molar-refractivity contribution in [1.29, 1.82) is 0 Å². The third kappa shape index (κ3) is 43.4. The fourth-order valence-corrected chi connectivity index (χ4v) is 17.5. The second-order valence-corrected chi connectivity index (χ2v) is 40.8. The molecule has 21 N–H and O–H groups in total. The van der Waals surface area contributed by atoms with Crippen LogP contribution in [0.1, 0.15) is 125 Å². The zero-order chi connectivity index (χ0) is 110. The van der Waals surface area contributed by atoms with Crippen molar-refractivity contribution in [2.24, 2.45) is 0 Å². The van der Waals surface area contributed by atoms with Crippen molar-refractivity contribution < 1.29 is 259 Å². The molecule has 21 heterocycles. The second-order valence-electron chi connectivity index (χ2n) is 40.8. The van der Waals surface area contributed by atoms with Crippen molar-refractivity contribution in [2.75, 3.05) is 165 Å². The molecule has 21 aliphatic heterocycles. The maximum absolute atomic E-state index is 13.0. The van der Waals surface area contributed by atoms with E-state index >= 15 is 0 Å². The fourth-order valence-electron chi connectivity index (χ4n) is 17.5. The van der Waals surface area contributed by atoms with Crippen LogP contribution < -0.4 is 0 Å². The predicted octanol–water partition coefficient (Wildman–Crippen LogP) is -7.94. The van der Waals surface area contributed by atoms with Gasteiger partial charge in [-0.1, -0.05) is 0 Å². The maximum atomic E-state index is 13.0. The normalized spacial score (nSPS) is 38.4. The first kappa shape index (κ1) is 132. The summed E-state index contributed by atoms with van der Waals surface area (Å²) in [4.78, 5) is 0. The van der Waals surface area contributed by atoms with Gasteiger partial charge in [-0.3, -0.25) is 0 Å². The molecule has 53 atom stereocenters. The van der Waals surface area contributed by atoms with Crippen LogP contribution >= 0.6 is 0 Å². The van der Waals surface area contributed by atoms with Crippen LogP contribution in [0.2, 0.25) is 0 Å². The van der Waals surface area contributed by atoms with E-state index in [0.29, 0.717) is 0 Å². The number of ether oxygens (including phenoxy) is 32. The Kier molecular flexibility index (Phi) is 59.3. The third-order valence-corrected chi connectivity index (χ3v) is 23.6. The highest BCUT2D eigenvalue weighted by Gasteiger charge is 2.64. The lowest BCUT2D eigenvalue weighted by Gasteiger charge is -2.53. The summed E-state index contributed by atoms with van der Waals surface area (Å²) in [5.74, 6) is 0. The molecule has 14 bridgehead atoms. The molecular formula is C96H178O53. The van der Waals surface area contributed by atoms with Gasteiger partial charge in [0.05, 0.1) is 275 Å². The van der Waals surface area contributed by atoms with Gasteiger partial charge in [-0.25, -0.2) is 0 Å². The average Bonchev–Trinajstić information content (AvgIpc) is 0.826. The van der Waals surface area contributed by atoms with Crippen molar-refractivity contribution in [3.05, 3.63) is 0 Å². The molecule has 21 rings (SSSR count). The molecule has 21 saturated heterocycles. The van der Waals surface area contributed by atoms with E-state index in [9.17, 15) is 107 Å². The standard InChI is InChI=1S/C96H178O53/c1-44(98)20-118-38-63-72-78(124-26-50(7)104)85(131-33-57(14)111)92(138-63)146-74-65(40-120-22-46(3)100)140-94(87(133-35-59(16)113)80(74)126-28-52(9)106)148-76-67(42-122-24-48(5)102)142-96(89(135-37-61(18)115)82(76)128-30-54(11)108)149-77-68(43-123-25-49(6)103)141-95(88(134-36-60(17)114)83(77)129-31-55(12)109)147-75-66(41-121-23-47(4)101)139-93(86(132-34-58(15)112)81(75)127-29-53(10)107)145-73-64(39-119-21-45(2)99)137-91(84(130-32-56(13)110)79(73)125-27-51(8)105)143-71-62(19-97)136-90(144-72)70(117)69(71)116/h44-117H,19-43H2,1-18H3. The summed E-state index contributed by atoms with van der Waals surface area (Å²) in [5.41, 5.74) is 0. The van der Waals surface area contributed by atoms with E-state index < -0.39 is 490 Å². The topological polar surface area (TPSA) is 720 Å². The van der Waals surface area contributed by atoms with Crippen LogP contribution in [0.3, 0.4) is 0 Å². The van der Waals surface area contributed by atoms with Crippen LogP contribution in [0.5, 0.6) is 0 Å². The summed E-state index contributed by atoms with van der Waals surface area (Å²) >= 11 is 0. The van der Waals surface area contributed by atoms with Crippen LogP contribution in [0, 0.1) is 0 Å². The predicted molar refractivity (Wildman–Crippen MR) is 506 cm³/mol. The number of hydrogen-bond acceptors (Lipinski definition) is 53. The first-order valence-electron chi connectivity index (χ1n) is 51.8. The highest BCUT2D eigenvalue weighted by atomic mass is 16.8. The Balaban J connectivity index is 1.51. The molecule has 53 unspecified atom stereocenters. The lowest BCUT2D eigenvalue weighted by atomic mass is 9.94. The molecule has 0 aromatic heterocycles. The van der Waals surface area contributed by atoms with Crippen molar-refractivity contribution in [3.63, 3.8) is 0 Å². The van der Waals surface area contributed by atoms with E-state index in [-0.39, 0.29) is 0 Å². The molecule has 21 aliphatic rings. The summed E-state index contributed by atoms with van der Waals surface area (Å²) in [6, 6.07) is 0. The smallest absolute Gasteiger partial charge is 0.187 e. The lowest BCUT2D eigenvalue weighted by molar-refractivity contribution is -0.410. The summed E-state index contributed by atoms with van der Waals surface area (Å²) < 4.78 is 218. The molecule has 0 saturated carbocycles. The van der Waals surface area contributed by atoms with Crippen LogP contribution in [-0.2, 0) is 152 Å². The Morgan fingerprint density at radius 3 is 0.423 bits per heavy atom. The monoisotopic (exact) mass is 2180 g/mol. The summed E-state index contributed by atoms with van der Waals surface area (Å²) in [6.45, 7) is 10.8. The van der Waals surface area contributed by atoms with E-state index in [1.165, 1.54) is 125 Å². The minimum Gasteiger partial charge on any atom is -0.394 e. The molecule has 0 aliphatic carbocycles. The fraction of sp³-hybridized carbons (Fsp3) is 1.00. The largest absolute Gasteiger partial charge is 0.394 e. The Bertz CT molecular complexity index is 3380. The van der Waals surface area contributed by atoms with E-state index in [1.54, 1.807) is 0 Å². The quantitative estimate of drug-likeness (QED) is 0.0269. The van der Waals surface area contributed by atoms with Gasteiger partial charge in [-0.05, 0) is 125 Å². The number of aliphatic hydroxyl groups is 21. The highest BCUT2D eigenvalue weighted by Crippen LogP contribution is 2.45. The third-order valence-electron chi connectivity index (χ3n) is 23.6. The number of hydrogen-bond donors (Lipinski definition) is 21. The molecule has 0 amide bonds. The van der Waals surface area contributed by atoms with Crippen LogP contribution in [0.15, 0.2) is 0 Å². The maximum Gasteiger partial charge on any atom is 0.187 e. The van der Waals surface area contributed by atoms with Crippen molar-refractivity contribution in [3.8, 4) is 0 Å². The van der Waals surface area contributed by atoms with E-state index in [0.717, 1.165) is 0 Å². The van der Waals surface area contributed by atoms with E-state index in [2.05, 4.69) is 0 Å². The van der Waals surface area contributed by atoms with Gasteiger partial charge in [0.1, 0.15) is 171 Å². The molecule has 0 radical (unpaired) electrons. The molecular weight excluding hydrogens is 2000 g/mol. The summed E-state index contributed by atoms with van der Waals surface area (Å²) in [5, 5.41) is 240. The molecule has 53 nitrogen and oxygen atoms in total. The SMILES string of the molecule is CC(O)COCC1OC2OC3C(COCC(C)O)OC(OC4C(COCC(C)O)OC(OC5C(COCC(C)O)OC(OC6C(COCC(C)O)OC(OC7C(COCC(C)O)OC(OC8C(CO)OC(OC1C(OCC(C)O)C2OCC(C)O)C(O)C8O)C(OCC(C)O)C7OCC(C)O)C(OCC(C)O)C6OCC(C)O)C(OCC(C)O)C5OCC(C)O)C(OCC(C)O)C4OCC(C)O)C(OCC(C)O)C3OCC(C)O. The zero-order valence-corrected chi connectivity index (χ0v) is 88.7. The van der Waals surface area contributed by atoms with Crippen molar-refractivity contribution in [2.45, 2.75) is 449 Å². The van der Waals surface area contributed by atoms with E-state index in [1.807, 2.05) is 0 Å². The average molecular weight is 2180 g/mol. The van der Waals surface area contributed by atoms with Gasteiger partial charge in [0.15, 0.2) is 44.0 Å². The minimum absolute atomic E-state index is 0.405. The first-order valence-corrected chi connectivity index (χ1v) is 51.8. The molecule has 880 valence electrons. The Morgan fingerprint density at radius 1 is 0.154 bits per heavy atom. The minimum atomic E-state index is -2.31. The van der Waals surface area contributed by atoms with Gasteiger partial charge in [0.2, 0.25) is 0 Å². The van der Waals surface area contributed by atoms with Crippen LogP contribution in [0.4, 0.5) is 0 Å². The van der Waals surface area contributed by atoms with Gasteiger partial charge in [-0.15, -0.1) is 0 Å². The Morgan fingerprint density at radius 2 is 0.282 bits per heavy atom. The molecule has 0 aromatic rings. The lowest BCUT2D eigenvalue weighted by Crippen LogP contribution is -2.70. The molecule has 53 heteroatoms. The van der Waals surface area contributed by atoms with Crippen molar-refractivity contribution in [1.82, 2.24) is 0 Å². The van der Waals surface area contributed by atoms with Crippen LogP contribution in [-0.4, -0.2) is 597 Å². The van der Waals surface area contributed by atoms with Gasteiger partial charge in [0.25, 0.3) is 0 Å². The number of rotatable bonds is 61. The Labute approximate surface area is 870 Å². The summed E-state index contributed by atoms with van der Waals surface area (Å²) in [6.07, 6.45) is -86.8. The first-order chi connectivity index (χ1) is 70.5. The summed E-state index contributed by atoms with van der Waals surface area (Å²) in [7, 11) is 0. The molecule has 149 heavy (non-hydrogen) atoms. The van der Waals surface area contributed by atoms with Crippen molar-refractivity contribution >= 4 is 0 Å². The van der Waals surface area contributed by atoms with Crippen LogP contribution in [0.25, 0.3) is 0 Å². The van der Waals surface area contributed by atoms with Gasteiger partial charge < -0.3 is 259 Å². The molecule has 21 fully saturated rings. The molecule has 0 aromatic carbocycles. The zero-order valence-electron chi connectivity index (χ0n) is 88.7. The van der Waals surface area contributed by atoms with Gasteiger partial charge in [-0.2, -0.15) is 0 Å². The van der Waals surface area contributed by atoms with E-state index in [4.69, 9.17) is 152 Å².